The Bertz CT molecular complexity index is 576. The summed E-state index contributed by atoms with van der Waals surface area (Å²) in [6, 6.07) is 4.89. The zero-order valence-electron chi connectivity index (χ0n) is 11.2. The van der Waals surface area contributed by atoms with E-state index in [0.29, 0.717) is 31.4 Å². The molecule has 6 nitrogen and oxygen atoms in total. The Morgan fingerprint density at radius 3 is 2.80 bits per heavy atom. The number of nitrogens with zero attached hydrogens (tertiary/aromatic N) is 3. The highest BCUT2D eigenvalue weighted by Gasteiger charge is 2.48. The molecule has 1 unspecified atom stereocenters. The Labute approximate surface area is 116 Å². The van der Waals surface area contributed by atoms with Gasteiger partial charge in [-0.15, -0.1) is 0 Å². The summed E-state index contributed by atoms with van der Waals surface area (Å²) in [5.74, 6) is -1.37. The topological polar surface area (TPSA) is 94.3 Å². The Hall–Kier alpha value is -2.42. The van der Waals surface area contributed by atoms with Gasteiger partial charge in [0.25, 0.3) is 5.91 Å². The summed E-state index contributed by atoms with van der Waals surface area (Å²) in [7, 11) is 0. The van der Waals surface area contributed by atoms with E-state index in [9.17, 15) is 14.7 Å². The van der Waals surface area contributed by atoms with E-state index in [1.807, 2.05) is 6.07 Å². The number of rotatable bonds is 3. The molecule has 104 valence electrons. The second kappa shape index (κ2) is 5.29. The molecule has 6 heteroatoms. The van der Waals surface area contributed by atoms with Gasteiger partial charge < -0.3 is 10.0 Å². The fourth-order valence-corrected chi connectivity index (χ4v) is 2.64. The third kappa shape index (κ3) is 2.11. The first kappa shape index (κ1) is 14.0. The molecular weight excluding hydrogens is 258 g/mol. The number of carboxylic acid groups (broad SMARTS) is 1. The highest BCUT2D eigenvalue weighted by molar-refractivity contribution is 5.96. The molecule has 2 rings (SSSR count). The van der Waals surface area contributed by atoms with Crippen molar-refractivity contribution in [2.45, 2.75) is 31.7 Å². The van der Waals surface area contributed by atoms with Crippen molar-refractivity contribution in [1.82, 2.24) is 9.88 Å². The molecule has 0 aliphatic carbocycles. The fourth-order valence-electron chi connectivity index (χ4n) is 2.64. The van der Waals surface area contributed by atoms with Gasteiger partial charge in [-0.3, -0.25) is 4.79 Å². The van der Waals surface area contributed by atoms with E-state index >= 15 is 0 Å². The summed E-state index contributed by atoms with van der Waals surface area (Å²) < 4.78 is 0. The first-order valence-corrected chi connectivity index (χ1v) is 6.46. The number of nitriles is 1. The summed E-state index contributed by atoms with van der Waals surface area (Å²) in [5.41, 5.74) is -0.597. The standard InChI is InChI=1S/C14H15N3O3/c1-2-14(13(19)20)6-3-7-17(14)12(18)11-5-4-10(8-15)9-16-11/h4-5,9H,2-3,6-7H2,1H3,(H,19,20). The summed E-state index contributed by atoms with van der Waals surface area (Å²) in [6.45, 7) is 2.19. The van der Waals surface area contributed by atoms with Gasteiger partial charge >= 0.3 is 5.97 Å². The number of aliphatic carboxylic acids is 1. The molecule has 1 aromatic rings. The van der Waals surface area contributed by atoms with Gasteiger partial charge in [-0.25, -0.2) is 9.78 Å². The van der Waals surface area contributed by atoms with Crippen molar-refractivity contribution < 1.29 is 14.7 Å². The average Bonchev–Trinajstić information content (AvgIpc) is 2.91. The number of carboxylic acids is 1. The molecule has 2 heterocycles. The molecule has 1 saturated heterocycles. The minimum atomic E-state index is -1.13. The van der Waals surface area contributed by atoms with Crippen LogP contribution in [0.5, 0.6) is 0 Å². The number of carbonyl (C=O) groups excluding carboxylic acids is 1. The van der Waals surface area contributed by atoms with E-state index < -0.39 is 17.4 Å². The van der Waals surface area contributed by atoms with Crippen molar-refractivity contribution in [3.05, 3.63) is 29.6 Å². The molecule has 0 bridgehead atoms. The predicted octanol–water partition coefficient (Wildman–Crippen LogP) is 1.42. The molecule has 0 saturated carbocycles. The van der Waals surface area contributed by atoms with Crippen LogP contribution in [0.2, 0.25) is 0 Å². The van der Waals surface area contributed by atoms with Crippen LogP contribution < -0.4 is 0 Å². The molecule has 1 amide bonds. The quantitative estimate of drug-likeness (QED) is 0.898. The number of likely N-dealkylation sites (tertiary alicyclic amines) is 1. The minimum absolute atomic E-state index is 0.171. The van der Waals surface area contributed by atoms with E-state index in [4.69, 9.17) is 5.26 Å². The number of hydrogen-bond donors (Lipinski definition) is 1. The highest BCUT2D eigenvalue weighted by atomic mass is 16.4. The Kier molecular flexibility index (Phi) is 3.70. The Balaban J connectivity index is 2.32. The summed E-state index contributed by atoms with van der Waals surface area (Å²) in [4.78, 5) is 29.3. The van der Waals surface area contributed by atoms with Crippen molar-refractivity contribution in [2.24, 2.45) is 0 Å². The van der Waals surface area contributed by atoms with Gasteiger partial charge in [0.15, 0.2) is 0 Å². The lowest BCUT2D eigenvalue weighted by Gasteiger charge is -2.33. The van der Waals surface area contributed by atoms with Crippen molar-refractivity contribution in [2.75, 3.05) is 6.54 Å². The molecular formula is C14H15N3O3. The van der Waals surface area contributed by atoms with E-state index in [1.54, 1.807) is 6.92 Å². The van der Waals surface area contributed by atoms with E-state index in [0.717, 1.165) is 0 Å². The molecule has 1 N–H and O–H groups in total. The second-order valence-corrected chi connectivity index (χ2v) is 4.79. The largest absolute Gasteiger partial charge is 0.479 e. The first-order valence-electron chi connectivity index (χ1n) is 6.46. The van der Waals surface area contributed by atoms with E-state index in [-0.39, 0.29) is 5.69 Å². The van der Waals surface area contributed by atoms with Crippen molar-refractivity contribution in [3.63, 3.8) is 0 Å². The molecule has 1 fully saturated rings. The lowest BCUT2D eigenvalue weighted by molar-refractivity contribution is -0.148. The number of carbonyl (C=O) groups is 2. The van der Waals surface area contributed by atoms with Gasteiger partial charge in [0, 0.05) is 12.7 Å². The van der Waals surface area contributed by atoms with Crippen LogP contribution in [0.15, 0.2) is 18.3 Å². The van der Waals surface area contributed by atoms with Gasteiger partial charge in [0.05, 0.1) is 5.56 Å². The molecule has 0 spiro atoms. The second-order valence-electron chi connectivity index (χ2n) is 4.79. The molecule has 0 aromatic carbocycles. The van der Waals surface area contributed by atoms with Crippen LogP contribution in [0.3, 0.4) is 0 Å². The van der Waals surface area contributed by atoms with Gasteiger partial charge in [0.1, 0.15) is 17.3 Å². The lowest BCUT2D eigenvalue weighted by Crippen LogP contribution is -2.52. The number of aromatic nitrogens is 1. The summed E-state index contributed by atoms with van der Waals surface area (Å²) >= 11 is 0. The van der Waals surface area contributed by atoms with Crippen LogP contribution in [0.4, 0.5) is 0 Å². The van der Waals surface area contributed by atoms with E-state index in [1.165, 1.54) is 23.2 Å². The van der Waals surface area contributed by atoms with Gasteiger partial charge in [-0.05, 0) is 31.4 Å². The minimum Gasteiger partial charge on any atom is -0.479 e. The van der Waals surface area contributed by atoms with Gasteiger partial charge in [-0.2, -0.15) is 5.26 Å². The van der Waals surface area contributed by atoms with Crippen LogP contribution in [-0.2, 0) is 4.79 Å². The summed E-state index contributed by atoms with van der Waals surface area (Å²) in [6.07, 6.45) is 2.81. The smallest absolute Gasteiger partial charge is 0.329 e. The molecule has 1 aliphatic rings. The molecule has 1 aromatic heterocycles. The monoisotopic (exact) mass is 273 g/mol. The Morgan fingerprint density at radius 1 is 1.55 bits per heavy atom. The number of pyridine rings is 1. The van der Waals surface area contributed by atoms with Crippen molar-refractivity contribution in [3.8, 4) is 6.07 Å². The Morgan fingerprint density at radius 2 is 2.30 bits per heavy atom. The normalized spacial score (nSPS) is 21.5. The average molecular weight is 273 g/mol. The zero-order valence-corrected chi connectivity index (χ0v) is 11.2. The SMILES string of the molecule is CCC1(C(=O)O)CCCN1C(=O)c1ccc(C#N)cn1. The number of amides is 1. The fraction of sp³-hybridized carbons (Fsp3) is 0.429. The van der Waals surface area contributed by atoms with Gasteiger partial charge in [-0.1, -0.05) is 6.92 Å². The van der Waals surface area contributed by atoms with Crippen LogP contribution in [0.25, 0.3) is 0 Å². The highest BCUT2D eigenvalue weighted by Crippen LogP contribution is 2.33. The van der Waals surface area contributed by atoms with Crippen LogP contribution in [0.1, 0.15) is 42.2 Å². The third-order valence-corrected chi connectivity index (χ3v) is 3.83. The molecule has 1 atom stereocenters. The number of hydrogen-bond acceptors (Lipinski definition) is 4. The molecule has 0 radical (unpaired) electrons. The van der Waals surface area contributed by atoms with Crippen LogP contribution >= 0.6 is 0 Å². The maximum Gasteiger partial charge on any atom is 0.329 e. The van der Waals surface area contributed by atoms with Crippen LogP contribution in [-0.4, -0.2) is 39.0 Å². The summed E-state index contributed by atoms with van der Waals surface area (Å²) in [5, 5.41) is 18.2. The zero-order chi connectivity index (χ0) is 14.8. The maximum atomic E-state index is 12.4. The molecule has 20 heavy (non-hydrogen) atoms. The van der Waals surface area contributed by atoms with E-state index in [2.05, 4.69) is 4.98 Å². The predicted molar refractivity (Wildman–Crippen MR) is 69.9 cm³/mol. The van der Waals surface area contributed by atoms with Gasteiger partial charge in [0.2, 0.25) is 0 Å². The lowest BCUT2D eigenvalue weighted by atomic mass is 9.92. The third-order valence-electron chi connectivity index (χ3n) is 3.83. The molecule has 1 aliphatic heterocycles. The first-order chi connectivity index (χ1) is 9.55. The van der Waals surface area contributed by atoms with Crippen molar-refractivity contribution >= 4 is 11.9 Å². The van der Waals surface area contributed by atoms with Crippen molar-refractivity contribution in [1.29, 1.82) is 5.26 Å². The maximum absolute atomic E-state index is 12.4. The van der Waals surface area contributed by atoms with Crippen LogP contribution in [0, 0.1) is 11.3 Å².